The number of nitrogens with one attached hydrogen (secondary N) is 1. The number of anilines is 2. The number of aromatic nitrogens is 1. The summed E-state index contributed by atoms with van der Waals surface area (Å²) in [5, 5.41) is 2.67. The maximum absolute atomic E-state index is 13.8. The molecule has 0 atom stereocenters. The molecule has 2 nitrogen and oxygen atoms in total. The number of hydrogen-bond donors (Lipinski definition) is 1. The maximum Gasteiger partial charge on any atom is 0.152 e. The first-order valence-corrected chi connectivity index (χ1v) is 6.12. The van der Waals surface area contributed by atoms with Crippen molar-refractivity contribution in [2.24, 2.45) is 0 Å². The topological polar surface area (TPSA) is 24.9 Å². The second kappa shape index (κ2) is 5.02. The first-order valence-electron chi connectivity index (χ1n) is 5.33. The van der Waals surface area contributed by atoms with Crippen LogP contribution in [0.25, 0.3) is 0 Å². The van der Waals surface area contributed by atoms with E-state index < -0.39 is 11.6 Å². The van der Waals surface area contributed by atoms with E-state index in [-0.39, 0.29) is 5.69 Å². The molecule has 0 bridgehead atoms. The van der Waals surface area contributed by atoms with Crippen molar-refractivity contribution < 1.29 is 8.78 Å². The van der Waals surface area contributed by atoms with Crippen LogP contribution in [0, 0.1) is 25.5 Å². The molecule has 0 aliphatic rings. The molecule has 0 saturated heterocycles. The SMILES string of the molecule is Cc1cnc(Nc2c(F)ccc(C)c2F)c(Br)c1. The van der Waals surface area contributed by atoms with E-state index in [0.717, 1.165) is 5.56 Å². The summed E-state index contributed by atoms with van der Waals surface area (Å²) in [6.45, 7) is 3.47. The molecule has 2 aromatic rings. The van der Waals surface area contributed by atoms with E-state index in [2.05, 4.69) is 26.2 Å². The maximum atomic E-state index is 13.8. The van der Waals surface area contributed by atoms with Gasteiger partial charge >= 0.3 is 0 Å². The Labute approximate surface area is 112 Å². The highest BCUT2D eigenvalue weighted by Gasteiger charge is 2.13. The van der Waals surface area contributed by atoms with Crippen molar-refractivity contribution >= 4 is 27.4 Å². The van der Waals surface area contributed by atoms with Crippen molar-refractivity contribution in [2.75, 3.05) is 5.32 Å². The van der Waals surface area contributed by atoms with Crippen molar-refractivity contribution in [3.63, 3.8) is 0 Å². The standard InChI is InChI=1S/C13H11BrF2N2/c1-7-5-9(14)13(17-6-7)18-12-10(15)4-3-8(2)11(12)16/h3-6H,1-2H3,(H,17,18). The van der Waals surface area contributed by atoms with E-state index in [1.165, 1.54) is 12.1 Å². The van der Waals surface area contributed by atoms with Gasteiger partial charge in [0.15, 0.2) is 5.82 Å². The van der Waals surface area contributed by atoms with Crippen molar-refractivity contribution in [2.45, 2.75) is 13.8 Å². The minimum absolute atomic E-state index is 0.188. The van der Waals surface area contributed by atoms with Gasteiger partial charge in [-0.1, -0.05) is 6.07 Å². The van der Waals surface area contributed by atoms with Crippen LogP contribution in [0.3, 0.4) is 0 Å². The second-order valence-electron chi connectivity index (χ2n) is 4.02. The molecule has 0 saturated carbocycles. The van der Waals surface area contributed by atoms with E-state index in [0.29, 0.717) is 15.9 Å². The van der Waals surface area contributed by atoms with Gasteiger partial charge in [0.25, 0.3) is 0 Å². The van der Waals surface area contributed by atoms with Gasteiger partial charge in [-0.25, -0.2) is 13.8 Å². The van der Waals surface area contributed by atoms with Crippen LogP contribution in [0.5, 0.6) is 0 Å². The van der Waals surface area contributed by atoms with E-state index in [1.54, 1.807) is 13.1 Å². The van der Waals surface area contributed by atoms with Crippen LogP contribution in [0.15, 0.2) is 28.9 Å². The Balaban J connectivity index is 2.43. The molecule has 1 aromatic heterocycles. The van der Waals surface area contributed by atoms with Crippen LogP contribution < -0.4 is 5.32 Å². The zero-order chi connectivity index (χ0) is 13.3. The highest BCUT2D eigenvalue weighted by Crippen LogP contribution is 2.28. The lowest BCUT2D eigenvalue weighted by atomic mass is 10.2. The molecular weight excluding hydrogens is 302 g/mol. The third-order valence-corrected chi connectivity index (χ3v) is 3.11. The van der Waals surface area contributed by atoms with Gasteiger partial charge in [0.05, 0.1) is 4.47 Å². The minimum atomic E-state index is -0.646. The van der Waals surface area contributed by atoms with Crippen LogP contribution in [-0.4, -0.2) is 4.98 Å². The summed E-state index contributed by atoms with van der Waals surface area (Å²) < 4.78 is 28.1. The molecule has 18 heavy (non-hydrogen) atoms. The Kier molecular flexibility index (Phi) is 3.61. The molecule has 0 unspecified atom stereocenters. The Bertz CT molecular complexity index is 600. The lowest BCUT2D eigenvalue weighted by Crippen LogP contribution is -2.01. The molecule has 0 aliphatic heterocycles. The average molecular weight is 313 g/mol. The van der Waals surface area contributed by atoms with E-state index in [1.807, 2.05) is 13.0 Å². The van der Waals surface area contributed by atoms with Gasteiger partial charge in [-0.2, -0.15) is 0 Å². The molecule has 0 amide bonds. The lowest BCUT2D eigenvalue weighted by molar-refractivity contribution is 0.584. The number of nitrogens with zero attached hydrogens (tertiary/aromatic N) is 1. The van der Waals surface area contributed by atoms with Crippen molar-refractivity contribution in [1.29, 1.82) is 0 Å². The minimum Gasteiger partial charge on any atom is -0.334 e. The van der Waals surface area contributed by atoms with Crippen LogP contribution >= 0.6 is 15.9 Å². The molecule has 1 heterocycles. The van der Waals surface area contributed by atoms with Gasteiger partial charge in [-0.3, -0.25) is 0 Å². The fourth-order valence-corrected chi connectivity index (χ4v) is 2.08. The van der Waals surface area contributed by atoms with Gasteiger partial charge in [0.1, 0.15) is 17.3 Å². The number of aryl methyl sites for hydroxylation is 2. The van der Waals surface area contributed by atoms with Crippen molar-refractivity contribution in [3.05, 3.63) is 51.6 Å². The molecule has 94 valence electrons. The highest BCUT2D eigenvalue weighted by molar-refractivity contribution is 9.10. The largest absolute Gasteiger partial charge is 0.334 e. The summed E-state index contributed by atoms with van der Waals surface area (Å²) >= 11 is 3.30. The molecular formula is C13H11BrF2N2. The van der Waals surface area contributed by atoms with Gasteiger partial charge in [-0.05, 0) is 53.0 Å². The van der Waals surface area contributed by atoms with Crippen molar-refractivity contribution in [3.8, 4) is 0 Å². The number of benzene rings is 1. The van der Waals surface area contributed by atoms with Gasteiger partial charge in [0.2, 0.25) is 0 Å². The third kappa shape index (κ3) is 2.51. The molecule has 1 N–H and O–H groups in total. The molecule has 2 rings (SSSR count). The van der Waals surface area contributed by atoms with Crippen LogP contribution in [-0.2, 0) is 0 Å². The molecule has 5 heteroatoms. The Morgan fingerprint density at radius 3 is 2.61 bits per heavy atom. The predicted octanol–water partition coefficient (Wildman–Crippen LogP) is 4.48. The average Bonchev–Trinajstić information content (AvgIpc) is 2.32. The predicted molar refractivity (Wildman–Crippen MR) is 71.1 cm³/mol. The molecule has 1 aromatic carbocycles. The Morgan fingerprint density at radius 2 is 1.94 bits per heavy atom. The molecule has 0 spiro atoms. The van der Waals surface area contributed by atoms with Gasteiger partial charge in [-0.15, -0.1) is 0 Å². The van der Waals surface area contributed by atoms with Crippen LogP contribution in [0.1, 0.15) is 11.1 Å². The fourth-order valence-electron chi connectivity index (χ4n) is 1.52. The number of pyridine rings is 1. The number of rotatable bonds is 2. The van der Waals surface area contributed by atoms with E-state index in [4.69, 9.17) is 0 Å². The van der Waals surface area contributed by atoms with Crippen LogP contribution in [0.2, 0.25) is 0 Å². The monoisotopic (exact) mass is 312 g/mol. The summed E-state index contributed by atoms with van der Waals surface area (Å²) in [4.78, 5) is 4.09. The summed E-state index contributed by atoms with van der Waals surface area (Å²) in [5.41, 5.74) is 1.15. The highest BCUT2D eigenvalue weighted by atomic mass is 79.9. The smallest absolute Gasteiger partial charge is 0.152 e. The van der Waals surface area contributed by atoms with E-state index in [9.17, 15) is 8.78 Å². The number of halogens is 3. The molecule has 0 radical (unpaired) electrons. The zero-order valence-corrected chi connectivity index (χ0v) is 11.5. The quantitative estimate of drug-likeness (QED) is 0.884. The van der Waals surface area contributed by atoms with Gasteiger partial charge < -0.3 is 5.32 Å². The molecule has 0 aliphatic carbocycles. The Morgan fingerprint density at radius 1 is 1.22 bits per heavy atom. The molecule has 0 fully saturated rings. The first kappa shape index (κ1) is 13.0. The summed E-state index contributed by atoms with van der Waals surface area (Å²) in [5.74, 6) is -0.874. The summed E-state index contributed by atoms with van der Waals surface area (Å²) in [6.07, 6.45) is 1.62. The lowest BCUT2D eigenvalue weighted by Gasteiger charge is -2.11. The normalized spacial score (nSPS) is 10.5. The zero-order valence-electron chi connectivity index (χ0n) is 9.89. The second-order valence-corrected chi connectivity index (χ2v) is 4.88. The van der Waals surface area contributed by atoms with Gasteiger partial charge in [0, 0.05) is 6.20 Å². The third-order valence-electron chi connectivity index (χ3n) is 2.51. The summed E-state index contributed by atoms with van der Waals surface area (Å²) in [6, 6.07) is 4.44. The number of hydrogen-bond acceptors (Lipinski definition) is 2. The van der Waals surface area contributed by atoms with Crippen molar-refractivity contribution in [1.82, 2.24) is 4.98 Å². The van der Waals surface area contributed by atoms with E-state index >= 15 is 0 Å². The van der Waals surface area contributed by atoms with Crippen LogP contribution in [0.4, 0.5) is 20.3 Å². The summed E-state index contributed by atoms with van der Waals surface area (Å²) in [7, 11) is 0. The fraction of sp³-hybridized carbons (Fsp3) is 0.154. The first-order chi connectivity index (χ1) is 8.49. The Hall–Kier alpha value is -1.49.